The smallest absolute Gasteiger partial charge is 0.350 e. The standard InChI is InChI=1S/C13H14N4O5/c18-11(15-5-6-22-8-9(15)12(19)20)7-17-13(21)16-4-2-1-3-10(16)14-17/h1-4,9H,5-8H2,(H,19,20)/t9-/m0/s1. The van der Waals surface area contributed by atoms with Crippen LogP contribution in [-0.4, -0.2) is 61.9 Å². The maximum Gasteiger partial charge on any atom is 0.350 e. The van der Waals surface area contributed by atoms with Crippen molar-refractivity contribution in [2.45, 2.75) is 12.6 Å². The molecule has 1 N–H and O–H groups in total. The number of nitrogens with zero attached hydrogens (tertiary/aromatic N) is 4. The molecular weight excluding hydrogens is 292 g/mol. The van der Waals surface area contributed by atoms with E-state index >= 15 is 0 Å². The molecule has 22 heavy (non-hydrogen) atoms. The molecular formula is C13H14N4O5. The summed E-state index contributed by atoms with van der Waals surface area (Å²) in [4.78, 5) is 36.8. The molecule has 9 heteroatoms. The molecule has 0 aliphatic carbocycles. The quantitative estimate of drug-likeness (QED) is 0.764. The Kier molecular flexibility index (Phi) is 3.63. The van der Waals surface area contributed by atoms with E-state index in [2.05, 4.69) is 5.10 Å². The minimum atomic E-state index is -1.13. The van der Waals surface area contributed by atoms with Gasteiger partial charge in [-0.3, -0.25) is 9.20 Å². The predicted octanol–water partition coefficient (Wildman–Crippen LogP) is -1.19. The largest absolute Gasteiger partial charge is 0.480 e. The van der Waals surface area contributed by atoms with Crippen LogP contribution in [0.5, 0.6) is 0 Å². The van der Waals surface area contributed by atoms with Gasteiger partial charge in [-0.15, -0.1) is 5.10 Å². The summed E-state index contributed by atoms with van der Waals surface area (Å²) in [5, 5.41) is 13.2. The van der Waals surface area contributed by atoms with Crippen molar-refractivity contribution in [1.29, 1.82) is 0 Å². The number of hydrogen-bond donors (Lipinski definition) is 1. The van der Waals surface area contributed by atoms with Crippen LogP contribution in [0, 0.1) is 0 Å². The number of morpholine rings is 1. The van der Waals surface area contributed by atoms with E-state index in [4.69, 9.17) is 9.84 Å². The van der Waals surface area contributed by atoms with Gasteiger partial charge in [-0.2, -0.15) is 0 Å². The molecule has 0 unspecified atom stereocenters. The zero-order chi connectivity index (χ0) is 15.7. The Balaban J connectivity index is 1.84. The number of rotatable bonds is 3. The minimum Gasteiger partial charge on any atom is -0.480 e. The summed E-state index contributed by atoms with van der Waals surface area (Å²) in [6.07, 6.45) is 1.56. The SMILES string of the molecule is O=C(O)[C@@H]1COCCN1C(=O)Cn1nc2ccccn2c1=O. The Morgan fingerprint density at radius 1 is 1.41 bits per heavy atom. The molecule has 3 rings (SSSR count). The second-order valence-electron chi connectivity index (χ2n) is 4.89. The number of pyridine rings is 1. The van der Waals surface area contributed by atoms with Crippen molar-refractivity contribution in [3.05, 3.63) is 34.9 Å². The van der Waals surface area contributed by atoms with Gasteiger partial charge in [0, 0.05) is 12.7 Å². The summed E-state index contributed by atoms with van der Waals surface area (Å²) >= 11 is 0. The first kappa shape index (κ1) is 14.3. The van der Waals surface area contributed by atoms with Crippen LogP contribution in [-0.2, 0) is 20.9 Å². The minimum absolute atomic E-state index is 0.0544. The molecule has 3 heterocycles. The number of fused-ring (bicyclic) bond motifs is 1. The molecule has 0 spiro atoms. The molecule has 0 bridgehead atoms. The molecule has 1 aliphatic heterocycles. The van der Waals surface area contributed by atoms with Gasteiger partial charge in [-0.05, 0) is 12.1 Å². The number of amides is 1. The number of aromatic nitrogens is 3. The van der Waals surface area contributed by atoms with Crippen LogP contribution in [0.3, 0.4) is 0 Å². The van der Waals surface area contributed by atoms with Gasteiger partial charge in [0.15, 0.2) is 11.7 Å². The van der Waals surface area contributed by atoms with E-state index in [1.807, 2.05) is 0 Å². The number of carboxylic acid groups (broad SMARTS) is 1. The second-order valence-corrected chi connectivity index (χ2v) is 4.89. The molecule has 116 valence electrons. The highest BCUT2D eigenvalue weighted by Gasteiger charge is 2.33. The molecule has 1 fully saturated rings. The van der Waals surface area contributed by atoms with E-state index in [1.54, 1.807) is 24.4 Å². The summed E-state index contributed by atoms with van der Waals surface area (Å²) < 4.78 is 7.44. The van der Waals surface area contributed by atoms with Crippen molar-refractivity contribution in [3.63, 3.8) is 0 Å². The number of ether oxygens (including phenoxy) is 1. The highest BCUT2D eigenvalue weighted by Crippen LogP contribution is 2.08. The highest BCUT2D eigenvalue weighted by molar-refractivity contribution is 5.83. The monoisotopic (exact) mass is 306 g/mol. The number of carbonyl (C=O) groups is 2. The lowest BCUT2D eigenvalue weighted by Gasteiger charge is -2.32. The fraction of sp³-hybridized carbons (Fsp3) is 0.385. The summed E-state index contributed by atoms with van der Waals surface area (Å²) in [5.41, 5.74) is -0.0128. The van der Waals surface area contributed by atoms with Crippen LogP contribution < -0.4 is 5.69 Å². The molecule has 2 aromatic rings. The summed E-state index contributed by atoms with van der Waals surface area (Å²) in [6.45, 7) is 0.0962. The van der Waals surface area contributed by atoms with Gasteiger partial charge in [0.2, 0.25) is 5.91 Å². The first-order valence-corrected chi connectivity index (χ1v) is 6.72. The number of aliphatic carboxylic acids is 1. The Hall–Kier alpha value is -2.68. The predicted molar refractivity (Wildman–Crippen MR) is 73.4 cm³/mol. The van der Waals surface area contributed by atoms with E-state index < -0.39 is 23.6 Å². The molecule has 1 aliphatic rings. The lowest BCUT2D eigenvalue weighted by molar-refractivity contribution is -0.158. The van der Waals surface area contributed by atoms with Crippen molar-refractivity contribution in [1.82, 2.24) is 19.1 Å². The van der Waals surface area contributed by atoms with E-state index in [0.717, 1.165) is 4.68 Å². The van der Waals surface area contributed by atoms with Crippen LogP contribution in [0.2, 0.25) is 0 Å². The third-order valence-electron chi connectivity index (χ3n) is 3.51. The zero-order valence-electron chi connectivity index (χ0n) is 11.6. The highest BCUT2D eigenvalue weighted by atomic mass is 16.5. The topological polar surface area (TPSA) is 106 Å². The van der Waals surface area contributed by atoms with Crippen molar-refractivity contribution in [2.24, 2.45) is 0 Å². The second kappa shape index (κ2) is 5.60. The lowest BCUT2D eigenvalue weighted by atomic mass is 10.2. The summed E-state index contributed by atoms with van der Waals surface area (Å²) in [5.74, 6) is -1.60. The molecule has 0 aromatic carbocycles. The van der Waals surface area contributed by atoms with Crippen LogP contribution in [0.15, 0.2) is 29.2 Å². The van der Waals surface area contributed by atoms with Gasteiger partial charge in [-0.25, -0.2) is 14.3 Å². The summed E-state index contributed by atoms with van der Waals surface area (Å²) in [6, 6.07) is 4.03. The van der Waals surface area contributed by atoms with Crippen molar-refractivity contribution in [3.8, 4) is 0 Å². The number of carbonyl (C=O) groups excluding carboxylic acids is 1. The number of carboxylic acids is 1. The molecule has 0 radical (unpaired) electrons. The van der Waals surface area contributed by atoms with Crippen molar-refractivity contribution < 1.29 is 19.4 Å². The van der Waals surface area contributed by atoms with Crippen molar-refractivity contribution >= 4 is 17.5 Å². The lowest BCUT2D eigenvalue weighted by Crippen LogP contribution is -2.53. The van der Waals surface area contributed by atoms with Gasteiger partial charge >= 0.3 is 11.7 Å². The van der Waals surface area contributed by atoms with Gasteiger partial charge in [0.05, 0.1) is 13.2 Å². The van der Waals surface area contributed by atoms with E-state index in [1.165, 1.54) is 9.30 Å². The third kappa shape index (κ3) is 2.46. The third-order valence-corrected chi connectivity index (χ3v) is 3.51. The molecule has 1 atom stereocenters. The normalized spacial score (nSPS) is 18.5. The Morgan fingerprint density at radius 2 is 2.23 bits per heavy atom. The molecule has 1 saturated heterocycles. The van der Waals surface area contributed by atoms with Crippen LogP contribution in [0.25, 0.3) is 5.65 Å². The van der Waals surface area contributed by atoms with E-state index in [-0.39, 0.29) is 26.3 Å². The van der Waals surface area contributed by atoms with Crippen LogP contribution in [0.1, 0.15) is 0 Å². The fourth-order valence-corrected chi connectivity index (χ4v) is 2.40. The maximum absolute atomic E-state index is 12.3. The average Bonchev–Trinajstić information content (AvgIpc) is 2.84. The van der Waals surface area contributed by atoms with Gasteiger partial charge in [0.1, 0.15) is 6.54 Å². The van der Waals surface area contributed by atoms with Gasteiger partial charge in [0.25, 0.3) is 0 Å². The molecule has 9 nitrogen and oxygen atoms in total. The van der Waals surface area contributed by atoms with E-state index in [9.17, 15) is 14.4 Å². The van der Waals surface area contributed by atoms with Crippen molar-refractivity contribution in [2.75, 3.05) is 19.8 Å². The van der Waals surface area contributed by atoms with Gasteiger partial charge in [-0.1, -0.05) is 6.07 Å². The molecule has 0 saturated carbocycles. The van der Waals surface area contributed by atoms with E-state index in [0.29, 0.717) is 5.65 Å². The van der Waals surface area contributed by atoms with Crippen LogP contribution >= 0.6 is 0 Å². The Bertz CT molecular complexity index is 780. The average molecular weight is 306 g/mol. The zero-order valence-corrected chi connectivity index (χ0v) is 11.6. The molecule has 1 amide bonds. The van der Waals surface area contributed by atoms with Crippen LogP contribution in [0.4, 0.5) is 0 Å². The first-order valence-electron chi connectivity index (χ1n) is 6.72. The van der Waals surface area contributed by atoms with Gasteiger partial charge < -0.3 is 14.7 Å². The Labute approximate surface area is 124 Å². The fourth-order valence-electron chi connectivity index (χ4n) is 2.40. The summed E-state index contributed by atoms with van der Waals surface area (Å²) in [7, 11) is 0. The molecule has 2 aromatic heterocycles. The number of hydrogen-bond acceptors (Lipinski definition) is 5. The first-order chi connectivity index (χ1) is 10.6. The maximum atomic E-state index is 12.3. The Morgan fingerprint density at radius 3 is 2.95 bits per heavy atom.